The lowest BCUT2D eigenvalue weighted by Gasteiger charge is -2.26. The highest BCUT2D eigenvalue weighted by Gasteiger charge is 2.45. The number of carbonyl (C=O) groups is 2. The van der Waals surface area contributed by atoms with Gasteiger partial charge in [0.1, 0.15) is 11.5 Å². The summed E-state index contributed by atoms with van der Waals surface area (Å²) in [6.07, 6.45) is 0.759. The molecule has 1 aliphatic rings. The largest absolute Gasteiger partial charge is 0.507 e. The van der Waals surface area contributed by atoms with Crippen LogP contribution in [0.25, 0.3) is 5.76 Å². The van der Waals surface area contributed by atoms with Crippen LogP contribution in [0.2, 0.25) is 0 Å². The third-order valence-corrected chi connectivity index (χ3v) is 5.16. The minimum atomic E-state index is -0.654. The molecular weight excluding hydrogens is 392 g/mol. The molecule has 0 saturated carbocycles. The lowest BCUT2D eigenvalue weighted by atomic mass is 9.95. The summed E-state index contributed by atoms with van der Waals surface area (Å²) in [4.78, 5) is 29.5. The van der Waals surface area contributed by atoms with E-state index < -0.39 is 17.7 Å². The summed E-state index contributed by atoms with van der Waals surface area (Å²) in [6.45, 7) is 5.10. The van der Waals surface area contributed by atoms with Crippen LogP contribution in [-0.4, -0.2) is 59.9 Å². The lowest BCUT2D eigenvalue weighted by molar-refractivity contribution is -0.139. The van der Waals surface area contributed by atoms with E-state index in [1.807, 2.05) is 63.2 Å². The van der Waals surface area contributed by atoms with E-state index in [4.69, 9.17) is 4.74 Å². The second-order valence-corrected chi connectivity index (χ2v) is 8.25. The lowest BCUT2D eigenvalue weighted by Crippen LogP contribution is -2.32. The molecule has 0 unspecified atom stereocenters. The topological polar surface area (TPSA) is 70.1 Å². The van der Waals surface area contributed by atoms with Crippen molar-refractivity contribution in [3.8, 4) is 5.75 Å². The first-order valence-electron chi connectivity index (χ1n) is 10.5. The van der Waals surface area contributed by atoms with Crippen molar-refractivity contribution < 1.29 is 19.4 Å². The molecule has 0 radical (unpaired) electrons. The molecule has 0 bridgehead atoms. The molecule has 6 nitrogen and oxygen atoms in total. The van der Waals surface area contributed by atoms with Crippen LogP contribution in [0.15, 0.2) is 60.2 Å². The molecule has 1 fully saturated rings. The number of ketones is 1. The Morgan fingerprint density at radius 1 is 1.06 bits per heavy atom. The summed E-state index contributed by atoms with van der Waals surface area (Å²) in [5.74, 6) is -0.721. The van der Waals surface area contributed by atoms with E-state index in [2.05, 4.69) is 0 Å². The minimum absolute atomic E-state index is 0.0324. The van der Waals surface area contributed by atoms with Crippen molar-refractivity contribution in [2.75, 3.05) is 27.2 Å². The monoisotopic (exact) mass is 422 g/mol. The molecule has 6 heteroatoms. The maximum Gasteiger partial charge on any atom is 0.295 e. The Morgan fingerprint density at radius 3 is 2.29 bits per heavy atom. The fourth-order valence-electron chi connectivity index (χ4n) is 3.77. The zero-order valence-electron chi connectivity index (χ0n) is 18.5. The molecule has 164 valence electrons. The Labute approximate surface area is 183 Å². The van der Waals surface area contributed by atoms with Crippen LogP contribution in [0, 0.1) is 0 Å². The van der Waals surface area contributed by atoms with Gasteiger partial charge in [-0.25, -0.2) is 0 Å². The van der Waals surface area contributed by atoms with Crippen LogP contribution in [0.5, 0.6) is 5.75 Å². The van der Waals surface area contributed by atoms with Crippen LogP contribution < -0.4 is 4.74 Å². The number of hydrogen-bond acceptors (Lipinski definition) is 5. The first-order chi connectivity index (χ1) is 14.8. The van der Waals surface area contributed by atoms with Crippen LogP contribution >= 0.6 is 0 Å². The SMILES string of the molecule is CC(C)Oc1ccc(C(O)=C2C(=O)C(=O)N(CCCN(C)C)[C@H]2c2ccccc2)cc1. The van der Waals surface area contributed by atoms with Gasteiger partial charge in [-0.1, -0.05) is 30.3 Å². The average Bonchev–Trinajstić information content (AvgIpc) is 2.99. The summed E-state index contributed by atoms with van der Waals surface area (Å²) >= 11 is 0. The Balaban J connectivity index is 2.01. The van der Waals surface area contributed by atoms with Crippen molar-refractivity contribution in [3.63, 3.8) is 0 Å². The highest BCUT2D eigenvalue weighted by molar-refractivity contribution is 6.46. The third kappa shape index (κ3) is 5.14. The summed E-state index contributed by atoms with van der Waals surface area (Å²) in [5.41, 5.74) is 1.40. The third-order valence-electron chi connectivity index (χ3n) is 5.16. The van der Waals surface area contributed by atoms with Crippen molar-refractivity contribution in [2.45, 2.75) is 32.4 Å². The van der Waals surface area contributed by atoms with Gasteiger partial charge in [0.2, 0.25) is 0 Å². The van der Waals surface area contributed by atoms with Gasteiger partial charge in [0.15, 0.2) is 0 Å². The van der Waals surface area contributed by atoms with Crippen LogP contribution in [0.1, 0.15) is 37.4 Å². The standard InChI is InChI=1S/C25H30N2O4/c1-17(2)31-20-13-11-19(12-14-20)23(28)21-22(18-9-6-5-7-10-18)27(25(30)24(21)29)16-8-15-26(3)4/h5-7,9-14,17,22,28H,8,15-16H2,1-4H3/t22-/m0/s1. The Hall–Kier alpha value is -3.12. The van der Waals surface area contributed by atoms with Crippen molar-refractivity contribution >= 4 is 17.4 Å². The van der Waals surface area contributed by atoms with Crippen molar-refractivity contribution in [3.05, 3.63) is 71.3 Å². The Bertz CT molecular complexity index is 949. The Kier molecular flexibility index (Phi) is 7.13. The number of hydrogen-bond donors (Lipinski definition) is 1. The molecule has 2 aromatic rings. The number of ether oxygens (including phenoxy) is 1. The molecule has 1 heterocycles. The van der Waals surface area contributed by atoms with Crippen molar-refractivity contribution in [1.82, 2.24) is 9.80 Å². The van der Waals surface area contributed by atoms with Gasteiger partial charge < -0.3 is 19.6 Å². The van der Waals surface area contributed by atoms with Gasteiger partial charge in [-0.2, -0.15) is 0 Å². The molecule has 0 aromatic heterocycles. The van der Waals surface area contributed by atoms with Crippen molar-refractivity contribution in [1.29, 1.82) is 0 Å². The quantitative estimate of drug-likeness (QED) is 0.398. The Morgan fingerprint density at radius 2 is 1.71 bits per heavy atom. The molecule has 1 N–H and O–H groups in total. The van der Waals surface area contributed by atoms with Crippen LogP contribution in [-0.2, 0) is 9.59 Å². The highest BCUT2D eigenvalue weighted by atomic mass is 16.5. The normalized spacial score (nSPS) is 18.3. The number of aliphatic hydroxyl groups is 1. The molecule has 0 aliphatic carbocycles. The molecule has 31 heavy (non-hydrogen) atoms. The molecule has 1 atom stereocenters. The predicted molar refractivity (Wildman–Crippen MR) is 121 cm³/mol. The number of likely N-dealkylation sites (tertiary alicyclic amines) is 1. The second-order valence-electron chi connectivity index (χ2n) is 8.25. The second kappa shape index (κ2) is 9.79. The molecule has 2 aromatic carbocycles. The predicted octanol–water partition coefficient (Wildman–Crippen LogP) is 3.85. The van der Waals surface area contributed by atoms with E-state index in [0.29, 0.717) is 17.9 Å². The smallest absolute Gasteiger partial charge is 0.295 e. The minimum Gasteiger partial charge on any atom is -0.507 e. The number of nitrogens with zero attached hydrogens (tertiary/aromatic N) is 2. The molecule has 1 aliphatic heterocycles. The number of carbonyl (C=O) groups excluding carboxylic acids is 2. The maximum atomic E-state index is 13.0. The van der Waals surface area contributed by atoms with Gasteiger partial charge in [0, 0.05) is 12.1 Å². The van der Waals surface area contributed by atoms with E-state index in [1.54, 1.807) is 29.2 Å². The fourth-order valence-corrected chi connectivity index (χ4v) is 3.77. The zero-order chi connectivity index (χ0) is 22.5. The number of Topliss-reactive ketones (excluding diaryl/α,β-unsaturated/α-hetero) is 1. The maximum absolute atomic E-state index is 13.0. The van der Waals surface area contributed by atoms with E-state index in [1.165, 1.54) is 0 Å². The van der Waals surface area contributed by atoms with Gasteiger partial charge in [-0.15, -0.1) is 0 Å². The highest BCUT2D eigenvalue weighted by Crippen LogP contribution is 2.39. The van der Waals surface area contributed by atoms with Gasteiger partial charge >= 0.3 is 0 Å². The fraction of sp³-hybridized carbons (Fsp3) is 0.360. The van der Waals surface area contributed by atoms with E-state index in [9.17, 15) is 14.7 Å². The number of rotatable bonds is 8. The van der Waals surface area contributed by atoms with Gasteiger partial charge in [-0.05, 0) is 70.7 Å². The summed E-state index contributed by atoms with van der Waals surface area (Å²) in [6, 6.07) is 15.7. The molecule has 0 spiro atoms. The van der Waals surface area contributed by atoms with Gasteiger partial charge in [0.05, 0.1) is 17.7 Å². The van der Waals surface area contributed by atoms with Crippen LogP contribution in [0.3, 0.4) is 0 Å². The number of aliphatic hydroxyl groups excluding tert-OH is 1. The van der Waals surface area contributed by atoms with Crippen molar-refractivity contribution in [2.24, 2.45) is 0 Å². The van der Waals surface area contributed by atoms with E-state index >= 15 is 0 Å². The summed E-state index contributed by atoms with van der Waals surface area (Å²) in [7, 11) is 3.94. The summed E-state index contributed by atoms with van der Waals surface area (Å²) < 4.78 is 5.65. The summed E-state index contributed by atoms with van der Waals surface area (Å²) in [5, 5.41) is 11.1. The first kappa shape index (κ1) is 22.6. The van der Waals surface area contributed by atoms with E-state index in [-0.39, 0.29) is 17.4 Å². The number of benzene rings is 2. The number of amides is 1. The average molecular weight is 423 g/mol. The van der Waals surface area contributed by atoms with E-state index in [0.717, 1.165) is 18.5 Å². The zero-order valence-corrected chi connectivity index (χ0v) is 18.5. The van der Waals surface area contributed by atoms with Gasteiger partial charge in [0.25, 0.3) is 11.7 Å². The molecule has 1 amide bonds. The molecular formula is C25H30N2O4. The van der Waals surface area contributed by atoms with Crippen LogP contribution in [0.4, 0.5) is 0 Å². The molecule has 3 rings (SSSR count). The first-order valence-corrected chi connectivity index (χ1v) is 10.5. The van der Waals surface area contributed by atoms with Gasteiger partial charge in [-0.3, -0.25) is 9.59 Å². The molecule has 1 saturated heterocycles.